The molecule has 0 bridgehead atoms. The van der Waals surface area contributed by atoms with Crippen molar-refractivity contribution in [2.45, 2.75) is 58.1 Å². The van der Waals surface area contributed by atoms with Gasteiger partial charge in [-0.2, -0.15) is 0 Å². The molecule has 2 aromatic carbocycles. The lowest BCUT2D eigenvalue weighted by atomic mass is 10.1. The van der Waals surface area contributed by atoms with Crippen molar-refractivity contribution in [1.29, 1.82) is 0 Å². The van der Waals surface area contributed by atoms with E-state index in [4.69, 9.17) is 0 Å². The second-order valence-corrected chi connectivity index (χ2v) is 9.87. The van der Waals surface area contributed by atoms with Crippen molar-refractivity contribution >= 4 is 21.4 Å². The van der Waals surface area contributed by atoms with E-state index >= 15 is 0 Å². The molecule has 8 nitrogen and oxygen atoms in total. The van der Waals surface area contributed by atoms with Crippen LogP contribution in [-0.4, -0.2) is 43.4 Å². The molecule has 2 N–H and O–H groups in total. The Balaban J connectivity index is 2.12. The maximum Gasteiger partial charge on any atom is 0.293 e. The van der Waals surface area contributed by atoms with Crippen LogP contribution in [0.1, 0.15) is 38.8 Å². The molecular formula is C22H32N4O4S. The van der Waals surface area contributed by atoms with E-state index in [9.17, 15) is 18.5 Å². The molecule has 9 heteroatoms. The molecular weight excluding hydrogens is 416 g/mol. The number of hydrogen-bond donors (Lipinski definition) is 2. The average molecular weight is 449 g/mol. The molecule has 170 valence electrons. The molecule has 0 spiro atoms. The number of hydrogen-bond acceptors (Lipinski definition) is 6. The third-order valence-corrected chi connectivity index (χ3v) is 6.53. The van der Waals surface area contributed by atoms with Crippen LogP contribution in [0.5, 0.6) is 0 Å². The topological polar surface area (TPSA) is 105 Å². The molecule has 0 aliphatic carbocycles. The monoisotopic (exact) mass is 448 g/mol. The van der Waals surface area contributed by atoms with E-state index in [-0.39, 0.29) is 34.9 Å². The fourth-order valence-electron chi connectivity index (χ4n) is 3.39. The number of benzene rings is 2. The van der Waals surface area contributed by atoms with Crippen molar-refractivity contribution < 1.29 is 13.3 Å². The van der Waals surface area contributed by atoms with Gasteiger partial charge in [-0.25, -0.2) is 13.1 Å². The minimum Gasteiger partial charge on any atom is -0.375 e. The van der Waals surface area contributed by atoms with Crippen molar-refractivity contribution in [3.05, 3.63) is 63.7 Å². The van der Waals surface area contributed by atoms with Crippen LogP contribution in [-0.2, 0) is 16.6 Å². The minimum absolute atomic E-state index is 0.124. The van der Waals surface area contributed by atoms with Crippen molar-refractivity contribution in [1.82, 2.24) is 9.62 Å². The molecule has 0 fully saturated rings. The van der Waals surface area contributed by atoms with Gasteiger partial charge in [0, 0.05) is 37.8 Å². The number of anilines is 1. The number of nitrogens with zero attached hydrogens (tertiary/aromatic N) is 2. The molecule has 0 aromatic heterocycles. The largest absolute Gasteiger partial charge is 0.375 e. The summed E-state index contributed by atoms with van der Waals surface area (Å²) in [6, 6.07) is 12.3. The molecule has 0 heterocycles. The Morgan fingerprint density at radius 3 is 2.19 bits per heavy atom. The molecule has 0 unspecified atom stereocenters. The average Bonchev–Trinajstić information content (AvgIpc) is 2.70. The second kappa shape index (κ2) is 10.7. The lowest BCUT2D eigenvalue weighted by Gasteiger charge is -2.30. The Hall–Kier alpha value is -2.49. The summed E-state index contributed by atoms with van der Waals surface area (Å²) in [7, 11) is -3.86. The highest BCUT2D eigenvalue weighted by atomic mass is 32.2. The van der Waals surface area contributed by atoms with E-state index in [0.29, 0.717) is 13.1 Å². The summed E-state index contributed by atoms with van der Waals surface area (Å²) in [6.45, 7) is 11.4. The van der Waals surface area contributed by atoms with Crippen LogP contribution in [0.25, 0.3) is 0 Å². The molecule has 0 saturated heterocycles. The van der Waals surface area contributed by atoms with Crippen LogP contribution >= 0.6 is 0 Å². The van der Waals surface area contributed by atoms with Gasteiger partial charge in [0.1, 0.15) is 5.69 Å². The fraction of sp³-hybridized carbons (Fsp3) is 0.455. The van der Waals surface area contributed by atoms with E-state index in [2.05, 4.69) is 42.6 Å². The van der Waals surface area contributed by atoms with E-state index in [1.165, 1.54) is 12.1 Å². The number of nitrogens with one attached hydrogen (secondary N) is 2. The fourth-order valence-corrected chi connectivity index (χ4v) is 4.43. The van der Waals surface area contributed by atoms with Crippen molar-refractivity contribution in [2.24, 2.45) is 0 Å². The van der Waals surface area contributed by atoms with E-state index in [1.807, 2.05) is 31.2 Å². The summed E-state index contributed by atoms with van der Waals surface area (Å²) in [5, 5.41) is 14.6. The smallest absolute Gasteiger partial charge is 0.293 e. The molecule has 0 radical (unpaired) electrons. The third kappa shape index (κ3) is 7.02. The van der Waals surface area contributed by atoms with Gasteiger partial charge in [0.2, 0.25) is 10.0 Å². The van der Waals surface area contributed by atoms with E-state index < -0.39 is 14.9 Å². The van der Waals surface area contributed by atoms with E-state index in [0.717, 1.165) is 17.2 Å². The van der Waals surface area contributed by atoms with Crippen LogP contribution < -0.4 is 10.0 Å². The van der Waals surface area contributed by atoms with Crippen LogP contribution in [0.4, 0.5) is 11.4 Å². The maximum atomic E-state index is 12.7. The van der Waals surface area contributed by atoms with Gasteiger partial charge in [-0.15, -0.1) is 0 Å². The highest BCUT2D eigenvalue weighted by molar-refractivity contribution is 7.89. The molecule has 0 amide bonds. The van der Waals surface area contributed by atoms with Crippen molar-refractivity contribution in [3.8, 4) is 0 Å². The van der Waals surface area contributed by atoms with Crippen LogP contribution in [0.3, 0.4) is 0 Å². The first-order valence-electron chi connectivity index (χ1n) is 10.3. The minimum atomic E-state index is -3.86. The van der Waals surface area contributed by atoms with Gasteiger partial charge in [-0.1, -0.05) is 29.8 Å². The molecule has 31 heavy (non-hydrogen) atoms. The highest BCUT2D eigenvalue weighted by Gasteiger charge is 2.22. The van der Waals surface area contributed by atoms with Crippen LogP contribution in [0, 0.1) is 17.0 Å². The van der Waals surface area contributed by atoms with Gasteiger partial charge in [0.15, 0.2) is 0 Å². The van der Waals surface area contributed by atoms with Crippen LogP contribution in [0.15, 0.2) is 47.4 Å². The zero-order valence-corrected chi connectivity index (χ0v) is 19.6. The van der Waals surface area contributed by atoms with Gasteiger partial charge >= 0.3 is 0 Å². The molecule has 0 saturated carbocycles. The number of aryl methyl sites for hydroxylation is 1. The maximum absolute atomic E-state index is 12.7. The predicted molar refractivity (Wildman–Crippen MR) is 124 cm³/mol. The van der Waals surface area contributed by atoms with Gasteiger partial charge in [-0.05, 0) is 52.3 Å². The second-order valence-electron chi connectivity index (χ2n) is 8.10. The Bertz CT molecular complexity index is 981. The van der Waals surface area contributed by atoms with Crippen molar-refractivity contribution in [3.63, 3.8) is 0 Å². The standard InChI is InChI=1S/C22H32N4O4S/c1-16(2)25(17(3)4)13-12-24-31(29,30)20-10-11-21(22(14-20)26(27)28)23-15-19-8-6-18(5)7-9-19/h6-11,14,16-17,23-24H,12-13,15H2,1-5H3. The number of nitro groups is 1. The zero-order valence-electron chi connectivity index (χ0n) is 18.8. The first-order chi connectivity index (χ1) is 14.5. The predicted octanol–water partition coefficient (Wildman–Crippen LogP) is 3.91. The summed E-state index contributed by atoms with van der Waals surface area (Å²) in [5.74, 6) is 0. The molecule has 2 rings (SSSR count). The normalized spacial score (nSPS) is 12.0. The molecule has 0 atom stereocenters. The number of nitro benzene ring substituents is 1. The SMILES string of the molecule is Cc1ccc(CNc2ccc(S(=O)(=O)NCCN(C(C)C)C(C)C)cc2[N+](=O)[O-])cc1. The molecule has 0 aliphatic rings. The zero-order chi connectivity index (χ0) is 23.2. The highest BCUT2D eigenvalue weighted by Crippen LogP contribution is 2.28. The van der Waals surface area contributed by atoms with Gasteiger partial charge in [-0.3, -0.25) is 15.0 Å². The molecule has 2 aromatic rings. The van der Waals surface area contributed by atoms with Gasteiger partial charge in [0.05, 0.1) is 9.82 Å². The van der Waals surface area contributed by atoms with Crippen molar-refractivity contribution in [2.75, 3.05) is 18.4 Å². The summed E-state index contributed by atoms with van der Waals surface area (Å²) in [5.41, 5.74) is 2.09. The Morgan fingerprint density at radius 2 is 1.65 bits per heavy atom. The number of rotatable bonds is 11. The Kier molecular flexibility index (Phi) is 8.55. The Morgan fingerprint density at radius 1 is 1.03 bits per heavy atom. The van der Waals surface area contributed by atoms with Gasteiger partial charge in [0.25, 0.3) is 5.69 Å². The number of sulfonamides is 1. The quantitative estimate of drug-likeness (QED) is 0.399. The summed E-state index contributed by atoms with van der Waals surface area (Å²) in [6.07, 6.45) is 0. The Labute approximate surface area is 184 Å². The first-order valence-corrected chi connectivity index (χ1v) is 11.8. The lowest BCUT2D eigenvalue weighted by molar-refractivity contribution is -0.384. The molecule has 0 aliphatic heterocycles. The summed E-state index contributed by atoms with van der Waals surface area (Å²) >= 11 is 0. The van der Waals surface area contributed by atoms with Gasteiger partial charge < -0.3 is 5.32 Å². The summed E-state index contributed by atoms with van der Waals surface area (Å²) in [4.78, 5) is 13.0. The summed E-state index contributed by atoms with van der Waals surface area (Å²) < 4.78 is 27.9. The van der Waals surface area contributed by atoms with E-state index in [1.54, 1.807) is 0 Å². The van der Waals surface area contributed by atoms with Crippen LogP contribution in [0.2, 0.25) is 0 Å². The lowest BCUT2D eigenvalue weighted by Crippen LogP contribution is -2.42. The first kappa shape index (κ1) is 24.8. The third-order valence-electron chi connectivity index (χ3n) is 5.07.